The number of likely N-dealkylation sites (tertiary alicyclic amines) is 1. The van der Waals surface area contributed by atoms with Gasteiger partial charge in [0.25, 0.3) is 0 Å². The monoisotopic (exact) mass is 382 g/mol. The van der Waals surface area contributed by atoms with Crippen molar-refractivity contribution in [3.8, 4) is 11.4 Å². The smallest absolute Gasteiger partial charge is 0.243 e. The van der Waals surface area contributed by atoms with Gasteiger partial charge in [0.2, 0.25) is 11.7 Å². The molecule has 1 aromatic heterocycles. The number of hydrogen-bond donors (Lipinski definition) is 1. The molecule has 1 aliphatic carbocycles. The maximum Gasteiger partial charge on any atom is 0.243 e. The summed E-state index contributed by atoms with van der Waals surface area (Å²) in [6.07, 6.45) is 7.31. The Hall–Kier alpha value is -2.28. The molecule has 1 saturated heterocycles. The zero-order chi connectivity index (χ0) is 19.3. The van der Waals surface area contributed by atoms with Crippen LogP contribution in [0.15, 0.2) is 24.3 Å². The van der Waals surface area contributed by atoms with E-state index in [-0.39, 0.29) is 18.5 Å². The minimum atomic E-state index is -0.0383. The molecule has 28 heavy (non-hydrogen) atoms. The van der Waals surface area contributed by atoms with Crippen molar-refractivity contribution in [1.29, 1.82) is 0 Å². The van der Waals surface area contributed by atoms with E-state index < -0.39 is 0 Å². The molecule has 2 heterocycles. The number of benzene rings is 1. The second-order valence-electron chi connectivity index (χ2n) is 8.26. The number of carbonyl (C=O) groups is 1. The standard InChI is InChI=1S/C21H30N6O/c1-16-6-2-3-7-19(16)22-20(28)15-27-24-21(23-25-27)18-10-8-17(9-11-18)14-26-12-4-5-13-26/h8-11,16,19H,2-7,12-15H2,1H3,(H,22,28)/t16-,19-/m0/s1. The predicted molar refractivity (Wildman–Crippen MR) is 107 cm³/mol. The molecule has 150 valence electrons. The molecule has 2 atom stereocenters. The first-order chi connectivity index (χ1) is 13.7. The number of amides is 1. The van der Waals surface area contributed by atoms with E-state index >= 15 is 0 Å². The lowest BCUT2D eigenvalue weighted by Crippen LogP contribution is -2.42. The quantitative estimate of drug-likeness (QED) is 0.831. The van der Waals surface area contributed by atoms with Crippen molar-refractivity contribution >= 4 is 5.91 Å². The molecular weight excluding hydrogens is 352 g/mol. The summed E-state index contributed by atoms with van der Waals surface area (Å²) in [6, 6.07) is 8.61. The lowest BCUT2D eigenvalue weighted by Gasteiger charge is -2.29. The second kappa shape index (κ2) is 8.82. The molecule has 1 aliphatic heterocycles. The minimum absolute atomic E-state index is 0.0383. The molecule has 0 spiro atoms. The summed E-state index contributed by atoms with van der Waals surface area (Å²) < 4.78 is 0. The van der Waals surface area contributed by atoms with Crippen LogP contribution in [0.25, 0.3) is 11.4 Å². The van der Waals surface area contributed by atoms with Gasteiger partial charge in [0.15, 0.2) is 0 Å². The Bertz CT molecular complexity index is 780. The van der Waals surface area contributed by atoms with E-state index in [1.807, 2.05) is 12.1 Å². The van der Waals surface area contributed by atoms with Crippen molar-refractivity contribution in [2.24, 2.45) is 5.92 Å². The van der Waals surface area contributed by atoms with Crippen LogP contribution in [0.4, 0.5) is 0 Å². The van der Waals surface area contributed by atoms with Crippen molar-refractivity contribution in [1.82, 2.24) is 30.4 Å². The number of nitrogens with zero attached hydrogens (tertiary/aromatic N) is 5. The van der Waals surface area contributed by atoms with Gasteiger partial charge in [0.1, 0.15) is 6.54 Å². The highest BCUT2D eigenvalue weighted by Crippen LogP contribution is 2.23. The number of rotatable bonds is 6. The van der Waals surface area contributed by atoms with Gasteiger partial charge >= 0.3 is 0 Å². The van der Waals surface area contributed by atoms with Crippen molar-refractivity contribution in [2.75, 3.05) is 13.1 Å². The molecule has 1 aromatic carbocycles. The molecule has 4 rings (SSSR count). The highest BCUT2D eigenvalue weighted by atomic mass is 16.2. The normalized spacial score (nSPS) is 23.0. The number of aromatic nitrogens is 4. The second-order valence-corrected chi connectivity index (χ2v) is 8.26. The Morgan fingerprint density at radius 1 is 1.11 bits per heavy atom. The van der Waals surface area contributed by atoms with Gasteiger partial charge in [-0.3, -0.25) is 9.69 Å². The molecule has 7 nitrogen and oxygen atoms in total. The molecular formula is C21H30N6O. The number of tetrazole rings is 1. The van der Waals surface area contributed by atoms with Crippen LogP contribution in [0, 0.1) is 5.92 Å². The number of hydrogen-bond acceptors (Lipinski definition) is 5. The third kappa shape index (κ3) is 4.76. The van der Waals surface area contributed by atoms with Gasteiger partial charge in [0.05, 0.1) is 0 Å². The van der Waals surface area contributed by atoms with Crippen LogP contribution in [-0.4, -0.2) is 50.1 Å². The summed E-state index contributed by atoms with van der Waals surface area (Å²) in [6.45, 7) is 5.71. The minimum Gasteiger partial charge on any atom is -0.351 e. The van der Waals surface area contributed by atoms with Crippen molar-refractivity contribution < 1.29 is 4.79 Å². The zero-order valence-corrected chi connectivity index (χ0v) is 16.7. The van der Waals surface area contributed by atoms with Crippen LogP contribution in [-0.2, 0) is 17.9 Å². The van der Waals surface area contributed by atoms with Crippen molar-refractivity contribution in [2.45, 2.75) is 64.6 Å². The Kier molecular flexibility index (Phi) is 6.00. The first kappa shape index (κ1) is 19.1. The zero-order valence-electron chi connectivity index (χ0n) is 16.7. The largest absolute Gasteiger partial charge is 0.351 e. The number of carbonyl (C=O) groups excluding carboxylic acids is 1. The van der Waals surface area contributed by atoms with E-state index in [1.165, 1.54) is 55.6 Å². The van der Waals surface area contributed by atoms with Crippen LogP contribution in [0.3, 0.4) is 0 Å². The van der Waals surface area contributed by atoms with E-state index in [4.69, 9.17) is 0 Å². The maximum absolute atomic E-state index is 12.3. The van der Waals surface area contributed by atoms with Gasteiger partial charge in [-0.1, -0.05) is 44.0 Å². The Balaban J connectivity index is 1.32. The van der Waals surface area contributed by atoms with E-state index in [9.17, 15) is 4.79 Å². The first-order valence-electron chi connectivity index (χ1n) is 10.6. The van der Waals surface area contributed by atoms with Crippen LogP contribution in [0.5, 0.6) is 0 Å². The molecule has 2 fully saturated rings. The molecule has 1 saturated carbocycles. The van der Waals surface area contributed by atoms with Gasteiger partial charge in [-0.15, -0.1) is 10.2 Å². The molecule has 2 aromatic rings. The van der Waals surface area contributed by atoms with Gasteiger partial charge in [-0.05, 0) is 55.5 Å². The molecule has 0 unspecified atom stereocenters. The van der Waals surface area contributed by atoms with E-state index in [1.54, 1.807) is 0 Å². The van der Waals surface area contributed by atoms with Crippen LogP contribution >= 0.6 is 0 Å². The lowest BCUT2D eigenvalue weighted by atomic mass is 9.86. The van der Waals surface area contributed by atoms with Crippen LogP contribution in [0.1, 0.15) is 51.0 Å². The summed E-state index contributed by atoms with van der Waals surface area (Å²) in [7, 11) is 0. The molecule has 1 N–H and O–H groups in total. The highest BCUT2D eigenvalue weighted by molar-refractivity contribution is 5.75. The third-order valence-corrected chi connectivity index (χ3v) is 6.01. The van der Waals surface area contributed by atoms with Gasteiger partial charge in [0, 0.05) is 18.2 Å². The summed E-state index contributed by atoms with van der Waals surface area (Å²) in [5, 5.41) is 15.7. The van der Waals surface area contributed by atoms with Crippen molar-refractivity contribution in [3.05, 3.63) is 29.8 Å². The molecule has 0 radical (unpaired) electrons. The van der Waals surface area contributed by atoms with Gasteiger partial charge in [-0.25, -0.2) is 0 Å². The average molecular weight is 383 g/mol. The van der Waals surface area contributed by atoms with Crippen molar-refractivity contribution in [3.63, 3.8) is 0 Å². The first-order valence-corrected chi connectivity index (χ1v) is 10.6. The van der Waals surface area contributed by atoms with E-state index in [0.717, 1.165) is 18.5 Å². The van der Waals surface area contributed by atoms with E-state index in [0.29, 0.717) is 11.7 Å². The van der Waals surface area contributed by atoms with E-state index in [2.05, 4.69) is 44.7 Å². The molecule has 7 heteroatoms. The fourth-order valence-electron chi connectivity index (χ4n) is 4.30. The highest BCUT2D eigenvalue weighted by Gasteiger charge is 2.23. The Morgan fingerprint density at radius 2 is 1.86 bits per heavy atom. The topological polar surface area (TPSA) is 75.9 Å². The summed E-state index contributed by atoms with van der Waals surface area (Å²) >= 11 is 0. The average Bonchev–Trinajstić information content (AvgIpc) is 3.36. The Labute approximate surface area is 166 Å². The molecule has 0 bridgehead atoms. The summed E-state index contributed by atoms with van der Waals surface area (Å²) in [4.78, 5) is 16.2. The lowest BCUT2D eigenvalue weighted by molar-refractivity contribution is -0.123. The predicted octanol–water partition coefficient (Wildman–Crippen LogP) is 2.63. The third-order valence-electron chi connectivity index (χ3n) is 6.01. The SMILES string of the molecule is C[C@H]1CCCC[C@@H]1NC(=O)Cn1nnc(-c2ccc(CN3CCCC3)cc2)n1. The fourth-order valence-corrected chi connectivity index (χ4v) is 4.30. The molecule has 1 amide bonds. The van der Waals surface area contributed by atoms with Gasteiger partial charge < -0.3 is 5.32 Å². The van der Waals surface area contributed by atoms with Crippen LogP contribution in [0.2, 0.25) is 0 Å². The van der Waals surface area contributed by atoms with Crippen LogP contribution < -0.4 is 5.32 Å². The number of nitrogens with one attached hydrogen (secondary N) is 1. The van der Waals surface area contributed by atoms with Gasteiger partial charge in [-0.2, -0.15) is 4.80 Å². The Morgan fingerprint density at radius 3 is 2.61 bits per heavy atom. The maximum atomic E-state index is 12.3. The summed E-state index contributed by atoms with van der Waals surface area (Å²) in [5.41, 5.74) is 2.23. The summed E-state index contributed by atoms with van der Waals surface area (Å²) in [5.74, 6) is 1.06. The molecule has 2 aliphatic rings. The fraction of sp³-hybridized carbons (Fsp3) is 0.619.